The molecule has 1 aromatic carbocycles. The first kappa shape index (κ1) is 11.9. The maximum absolute atomic E-state index is 4.64. The van der Waals surface area contributed by atoms with Crippen LogP contribution in [0, 0.1) is 6.92 Å². The fourth-order valence-electron chi connectivity index (χ4n) is 2.49. The lowest BCUT2D eigenvalue weighted by molar-refractivity contribution is 0.589. The number of rotatable bonds is 1. The van der Waals surface area contributed by atoms with Gasteiger partial charge in [0.15, 0.2) is 0 Å². The van der Waals surface area contributed by atoms with Gasteiger partial charge in [-0.3, -0.25) is 4.98 Å². The molecule has 0 bridgehead atoms. The molecule has 2 aromatic rings. The van der Waals surface area contributed by atoms with E-state index in [0.29, 0.717) is 0 Å². The third-order valence-corrected chi connectivity index (χ3v) is 4.36. The van der Waals surface area contributed by atoms with Crippen molar-refractivity contribution in [2.24, 2.45) is 0 Å². The maximum atomic E-state index is 4.64. The third-order valence-electron chi connectivity index (χ3n) is 3.41. The fourth-order valence-corrected chi connectivity index (χ4v) is 3.04. The molecule has 0 spiro atoms. The first-order chi connectivity index (χ1) is 8.77. The van der Waals surface area contributed by atoms with Gasteiger partial charge in [0.2, 0.25) is 0 Å². The highest BCUT2D eigenvalue weighted by Crippen LogP contribution is 2.35. The van der Waals surface area contributed by atoms with Crippen LogP contribution in [-0.2, 0) is 0 Å². The minimum absolute atomic E-state index is 1.04. The van der Waals surface area contributed by atoms with Gasteiger partial charge < -0.3 is 10.2 Å². The monoisotopic (exact) mass is 305 g/mol. The molecule has 2 heterocycles. The molecule has 0 atom stereocenters. The lowest BCUT2D eigenvalue weighted by Crippen LogP contribution is -2.43. The number of fused-ring (bicyclic) bond motifs is 1. The molecule has 0 saturated carbocycles. The Balaban J connectivity index is 2.21. The predicted molar refractivity (Wildman–Crippen MR) is 79.3 cm³/mol. The van der Waals surface area contributed by atoms with Gasteiger partial charge in [0, 0.05) is 31.6 Å². The van der Waals surface area contributed by atoms with Crippen LogP contribution in [-0.4, -0.2) is 31.2 Å². The van der Waals surface area contributed by atoms with Crippen molar-refractivity contribution in [3.05, 3.63) is 34.4 Å². The quantitative estimate of drug-likeness (QED) is 0.878. The summed E-state index contributed by atoms with van der Waals surface area (Å²) < 4.78 is 1.13. The number of anilines is 1. The van der Waals surface area contributed by atoms with Gasteiger partial charge in [-0.1, -0.05) is 18.2 Å². The Morgan fingerprint density at radius 3 is 2.72 bits per heavy atom. The summed E-state index contributed by atoms with van der Waals surface area (Å²) in [5.41, 5.74) is 3.42. The zero-order valence-electron chi connectivity index (χ0n) is 10.4. The molecule has 0 unspecified atom stereocenters. The number of halogens is 1. The number of piperazine rings is 1. The Bertz CT molecular complexity index is 577. The molecule has 3 rings (SSSR count). The van der Waals surface area contributed by atoms with Crippen molar-refractivity contribution in [3.8, 4) is 0 Å². The second-order valence-electron chi connectivity index (χ2n) is 4.61. The zero-order valence-corrected chi connectivity index (χ0v) is 12.0. The molecule has 3 nitrogen and oxygen atoms in total. The summed E-state index contributed by atoms with van der Waals surface area (Å²) in [5, 5.41) is 4.63. The highest BCUT2D eigenvalue weighted by molar-refractivity contribution is 9.10. The highest BCUT2D eigenvalue weighted by atomic mass is 79.9. The van der Waals surface area contributed by atoms with Gasteiger partial charge in [-0.25, -0.2) is 0 Å². The molecular weight excluding hydrogens is 290 g/mol. The normalized spacial score (nSPS) is 16.2. The van der Waals surface area contributed by atoms with E-state index < -0.39 is 0 Å². The Labute approximate surface area is 115 Å². The Morgan fingerprint density at radius 2 is 1.94 bits per heavy atom. The summed E-state index contributed by atoms with van der Waals surface area (Å²) in [5.74, 6) is 0. The van der Waals surface area contributed by atoms with E-state index in [4.69, 9.17) is 0 Å². The second kappa shape index (κ2) is 4.86. The summed E-state index contributed by atoms with van der Waals surface area (Å²) in [7, 11) is 0. The van der Waals surface area contributed by atoms with E-state index in [0.717, 1.165) is 41.9 Å². The minimum Gasteiger partial charge on any atom is -0.367 e. The van der Waals surface area contributed by atoms with Crippen molar-refractivity contribution in [3.63, 3.8) is 0 Å². The van der Waals surface area contributed by atoms with Crippen molar-refractivity contribution in [1.82, 2.24) is 10.3 Å². The van der Waals surface area contributed by atoms with Crippen molar-refractivity contribution < 1.29 is 0 Å². The molecule has 1 fully saturated rings. The van der Waals surface area contributed by atoms with Crippen LogP contribution in [0.5, 0.6) is 0 Å². The minimum atomic E-state index is 1.04. The van der Waals surface area contributed by atoms with Gasteiger partial charge in [0.1, 0.15) is 0 Å². The van der Waals surface area contributed by atoms with Gasteiger partial charge >= 0.3 is 0 Å². The lowest BCUT2D eigenvalue weighted by Gasteiger charge is -2.31. The van der Waals surface area contributed by atoms with Gasteiger partial charge in [-0.2, -0.15) is 0 Å². The van der Waals surface area contributed by atoms with Crippen LogP contribution in [0.3, 0.4) is 0 Å². The molecular formula is C14H16BrN3. The second-order valence-corrected chi connectivity index (χ2v) is 5.41. The van der Waals surface area contributed by atoms with Crippen LogP contribution in [0.2, 0.25) is 0 Å². The summed E-state index contributed by atoms with van der Waals surface area (Å²) >= 11 is 3.71. The van der Waals surface area contributed by atoms with Crippen molar-refractivity contribution in [2.75, 3.05) is 31.1 Å². The predicted octanol–water partition coefficient (Wildman–Crippen LogP) is 2.72. The fraction of sp³-hybridized carbons (Fsp3) is 0.357. The average molecular weight is 306 g/mol. The van der Waals surface area contributed by atoms with Gasteiger partial charge in [-0.05, 0) is 28.9 Å². The number of pyridine rings is 1. The highest BCUT2D eigenvalue weighted by Gasteiger charge is 2.18. The largest absolute Gasteiger partial charge is 0.367 e. The third kappa shape index (κ3) is 1.99. The summed E-state index contributed by atoms with van der Waals surface area (Å²) in [6.45, 7) is 6.24. The van der Waals surface area contributed by atoms with E-state index in [1.165, 1.54) is 11.1 Å². The van der Waals surface area contributed by atoms with Gasteiger partial charge in [0.05, 0.1) is 21.4 Å². The number of para-hydroxylation sites is 1. The van der Waals surface area contributed by atoms with Crippen LogP contribution in [0.4, 0.5) is 5.69 Å². The summed E-state index contributed by atoms with van der Waals surface area (Å²) in [4.78, 5) is 7.08. The maximum Gasteiger partial charge on any atom is 0.0726 e. The lowest BCUT2D eigenvalue weighted by atomic mass is 10.1. The number of nitrogens with zero attached hydrogens (tertiary/aromatic N) is 2. The number of benzene rings is 1. The number of hydrogen-bond donors (Lipinski definition) is 1. The first-order valence-corrected chi connectivity index (χ1v) is 7.07. The summed E-state index contributed by atoms with van der Waals surface area (Å²) in [6, 6.07) is 8.37. The first-order valence-electron chi connectivity index (χ1n) is 6.28. The molecule has 18 heavy (non-hydrogen) atoms. The van der Waals surface area contributed by atoms with E-state index in [9.17, 15) is 0 Å². The van der Waals surface area contributed by atoms with Crippen LogP contribution in [0.25, 0.3) is 10.9 Å². The van der Waals surface area contributed by atoms with Gasteiger partial charge in [0.25, 0.3) is 0 Å². The van der Waals surface area contributed by atoms with Gasteiger partial charge in [-0.15, -0.1) is 0 Å². The van der Waals surface area contributed by atoms with Crippen LogP contribution >= 0.6 is 15.9 Å². The standard InChI is InChI=1S/C14H16BrN3/c1-10-13(15)14(18-8-6-16-7-9-18)11-4-2-3-5-12(11)17-10/h2-5,16H,6-9H2,1H3. The van der Waals surface area contributed by atoms with Crippen molar-refractivity contribution in [1.29, 1.82) is 0 Å². The zero-order chi connectivity index (χ0) is 12.5. The number of aromatic nitrogens is 1. The molecule has 4 heteroatoms. The van der Waals surface area contributed by atoms with E-state index in [1.54, 1.807) is 0 Å². The SMILES string of the molecule is Cc1nc2ccccc2c(N2CCNCC2)c1Br. The van der Waals surface area contributed by atoms with Crippen LogP contribution in [0.15, 0.2) is 28.7 Å². The van der Waals surface area contributed by atoms with E-state index in [2.05, 4.69) is 56.3 Å². The summed E-state index contributed by atoms with van der Waals surface area (Å²) in [6.07, 6.45) is 0. The molecule has 1 N–H and O–H groups in total. The van der Waals surface area contributed by atoms with Crippen LogP contribution < -0.4 is 10.2 Å². The molecule has 0 radical (unpaired) electrons. The number of nitrogens with one attached hydrogen (secondary N) is 1. The molecule has 1 aliphatic heterocycles. The Kier molecular flexibility index (Phi) is 3.22. The van der Waals surface area contributed by atoms with Crippen molar-refractivity contribution >= 4 is 32.5 Å². The molecule has 1 aliphatic rings. The molecule has 0 aliphatic carbocycles. The Morgan fingerprint density at radius 1 is 1.22 bits per heavy atom. The van der Waals surface area contributed by atoms with Crippen molar-refractivity contribution in [2.45, 2.75) is 6.92 Å². The number of aryl methyl sites for hydroxylation is 1. The molecule has 0 amide bonds. The topological polar surface area (TPSA) is 28.2 Å². The Hall–Kier alpha value is -1.13. The van der Waals surface area contributed by atoms with E-state index >= 15 is 0 Å². The van der Waals surface area contributed by atoms with E-state index in [1.807, 2.05) is 6.07 Å². The van der Waals surface area contributed by atoms with Crippen LogP contribution in [0.1, 0.15) is 5.69 Å². The average Bonchev–Trinajstić information content (AvgIpc) is 2.41. The smallest absolute Gasteiger partial charge is 0.0726 e. The molecule has 1 saturated heterocycles. The molecule has 94 valence electrons. The molecule has 1 aromatic heterocycles. The number of hydrogen-bond acceptors (Lipinski definition) is 3. The van der Waals surface area contributed by atoms with E-state index in [-0.39, 0.29) is 0 Å².